The second-order valence-corrected chi connectivity index (χ2v) is 8.59. The molecule has 8 nitrogen and oxygen atoms in total. The van der Waals surface area contributed by atoms with E-state index in [1.807, 2.05) is 11.0 Å². The van der Waals surface area contributed by atoms with E-state index in [4.69, 9.17) is 9.47 Å². The van der Waals surface area contributed by atoms with Crippen LogP contribution in [-0.4, -0.2) is 85.5 Å². The molecule has 186 valence electrons. The number of carbonyl (C=O) groups is 1. The molecular formula is C23H29F3N4O4. The second-order valence-electron chi connectivity index (χ2n) is 8.59. The van der Waals surface area contributed by atoms with Crippen molar-refractivity contribution in [2.45, 2.75) is 31.0 Å². The molecule has 2 amide bonds. The number of morpholine rings is 1. The number of urea groups is 1. The van der Waals surface area contributed by atoms with Crippen molar-refractivity contribution in [2.75, 3.05) is 53.1 Å². The average molecular weight is 483 g/mol. The smallest absolute Gasteiger partial charge is 0.406 e. The van der Waals surface area contributed by atoms with Gasteiger partial charge in [-0.15, -0.1) is 13.2 Å². The fourth-order valence-electron chi connectivity index (χ4n) is 4.54. The Balaban J connectivity index is 1.54. The van der Waals surface area contributed by atoms with Crippen LogP contribution in [0.3, 0.4) is 0 Å². The molecular weight excluding hydrogens is 453 g/mol. The second kappa shape index (κ2) is 10.6. The van der Waals surface area contributed by atoms with Gasteiger partial charge in [-0.05, 0) is 30.2 Å². The van der Waals surface area contributed by atoms with Gasteiger partial charge < -0.3 is 24.0 Å². The zero-order chi connectivity index (χ0) is 24.1. The molecule has 1 aromatic heterocycles. The van der Waals surface area contributed by atoms with Gasteiger partial charge in [0.05, 0.1) is 25.5 Å². The Bertz CT molecular complexity index is 944. The van der Waals surface area contributed by atoms with E-state index >= 15 is 0 Å². The number of hydrogen-bond acceptors (Lipinski definition) is 5. The number of ether oxygens (including phenoxy) is 3. The van der Waals surface area contributed by atoms with Gasteiger partial charge in [0, 0.05) is 57.2 Å². The van der Waals surface area contributed by atoms with Gasteiger partial charge in [0.25, 0.3) is 0 Å². The Morgan fingerprint density at radius 1 is 1.15 bits per heavy atom. The van der Waals surface area contributed by atoms with Crippen LogP contribution in [0.15, 0.2) is 30.3 Å². The Morgan fingerprint density at radius 3 is 2.53 bits per heavy atom. The van der Waals surface area contributed by atoms with Crippen LogP contribution in [0.4, 0.5) is 18.0 Å². The lowest BCUT2D eigenvalue weighted by molar-refractivity contribution is -0.274. The molecule has 0 saturated carbocycles. The van der Waals surface area contributed by atoms with Gasteiger partial charge in [0.2, 0.25) is 0 Å². The summed E-state index contributed by atoms with van der Waals surface area (Å²) in [5, 5.41) is 7.53. The number of likely N-dealkylation sites (tertiary alicyclic amines) is 1. The van der Waals surface area contributed by atoms with Crippen LogP contribution in [0.25, 0.3) is 0 Å². The van der Waals surface area contributed by atoms with Gasteiger partial charge in [0.1, 0.15) is 5.75 Å². The number of piperidine rings is 1. The highest BCUT2D eigenvalue weighted by Gasteiger charge is 2.35. The zero-order valence-corrected chi connectivity index (χ0v) is 19.0. The Morgan fingerprint density at radius 2 is 1.85 bits per heavy atom. The van der Waals surface area contributed by atoms with Crippen molar-refractivity contribution < 1.29 is 32.2 Å². The molecule has 2 aliphatic rings. The minimum atomic E-state index is -4.74. The van der Waals surface area contributed by atoms with Crippen LogP contribution < -0.4 is 4.74 Å². The highest BCUT2D eigenvalue weighted by molar-refractivity contribution is 5.75. The van der Waals surface area contributed by atoms with E-state index < -0.39 is 6.36 Å². The summed E-state index contributed by atoms with van der Waals surface area (Å²) in [7, 11) is 1.64. The molecule has 0 spiro atoms. The number of methoxy groups -OCH3 is 1. The summed E-state index contributed by atoms with van der Waals surface area (Å²) < 4.78 is 52.1. The molecule has 2 aliphatic heterocycles. The molecule has 4 rings (SSSR count). The number of aromatic amines is 1. The van der Waals surface area contributed by atoms with Crippen LogP contribution in [0.2, 0.25) is 0 Å². The van der Waals surface area contributed by atoms with Crippen LogP contribution >= 0.6 is 0 Å². The number of H-pyrrole nitrogens is 1. The summed E-state index contributed by atoms with van der Waals surface area (Å²) in [5.41, 5.74) is 2.68. The lowest BCUT2D eigenvalue weighted by atomic mass is 9.83. The number of carbonyl (C=O) groups excluding carboxylic acids is 1. The molecule has 11 heteroatoms. The summed E-state index contributed by atoms with van der Waals surface area (Å²) in [6.07, 6.45) is -3.31. The van der Waals surface area contributed by atoms with Gasteiger partial charge in [-0.3, -0.25) is 5.10 Å². The minimum absolute atomic E-state index is 0.0117. The van der Waals surface area contributed by atoms with Crippen molar-refractivity contribution in [2.24, 2.45) is 0 Å². The van der Waals surface area contributed by atoms with Crippen molar-refractivity contribution in [1.82, 2.24) is 20.0 Å². The average Bonchev–Trinajstić information content (AvgIpc) is 3.31. The monoisotopic (exact) mass is 482 g/mol. The van der Waals surface area contributed by atoms with Gasteiger partial charge in [-0.2, -0.15) is 5.10 Å². The predicted molar refractivity (Wildman–Crippen MR) is 117 cm³/mol. The molecule has 2 atom stereocenters. The number of halogens is 3. The number of rotatable bonds is 6. The van der Waals surface area contributed by atoms with E-state index in [0.717, 1.165) is 23.4 Å². The van der Waals surface area contributed by atoms with Crippen molar-refractivity contribution in [1.29, 1.82) is 0 Å². The number of nitrogens with zero attached hydrogens (tertiary/aromatic N) is 3. The fourth-order valence-corrected chi connectivity index (χ4v) is 4.54. The largest absolute Gasteiger partial charge is 0.573 e. The number of aromatic nitrogens is 2. The van der Waals surface area contributed by atoms with Crippen LogP contribution in [-0.2, 0) is 15.9 Å². The molecule has 0 aliphatic carbocycles. The van der Waals surface area contributed by atoms with Crippen molar-refractivity contribution in [3.05, 3.63) is 47.3 Å². The summed E-state index contributed by atoms with van der Waals surface area (Å²) in [6.45, 7) is 3.67. The Kier molecular flexibility index (Phi) is 7.62. The van der Waals surface area contributed by atoms with E-state index in [-0.39, 0.29) is 23.6 Å². The third-order valence-electron chi connectivity index (χ3n) is 6.23. The third-order valence-corrected chi connectivity index (χ3v) is 6.23. The number of nitrogens with one attached hydrogen (secondary N) is 1. The normalized spacial score (nSPS) is 21.5. The highest BCUT2D eigenvalue weighted by atomic mass is 19.4. The zero-order valence-electron chi connectivity index (χ0n) is 19.0. The van der Waals surface area contributed by atoms with Gasteiger partial charge in [0.15, 0.2) is 0 Å². The molecule has 1 N–H and O–H groups in total. The SMILES string of the molecule is COCCc1cc(C2CC(c3ccc(OC(F)(F)F)cc3)CN(C(=O)N3CCOCC3)C2)n[nH]1. The quantitative estimate of drug-likeness (QED) is 0.682. The van der Waals surface area contributed by atoms with Crippen molar-refractivity contribution in [3.63, 3.8) is 0 Å². The van der Waals surface area contributed by atoms with Crippen molar-refractivity contribution in [3.8, 4) is 5.75 Å². The van der Waals surface area contributed by atoms with E-state index in [1.54, 1.807) is 24.1 Å². The standard InChI is InChI=1S/C23H29F3N4O4/c1-32-9-6-19-13-21(28-27-19)18-12-17(16-2-4-20(5-3-16)34-23(24,25)26)14-30(15-18)22(31)29-7-10-33-11-8-29/h2-5,13,17-18H,6-12,14-15H2,1H3,(H,27,28). The molecule has 3 heterocycles. The summed E-state index contributed by atoms with van der Waals surface area (Å²) in [4.78, 5) is 16.9. The molecule has 0 radical (unpaired) electrons. The summed E-state index contributed by atoms with van der Waals surface area (Å²) in [6, 6.07) is 7.87. The molecule has 2 aromatic rings. The van der Waals surface area contributed by atoms with Gasteiger partial charge in [-0.25, -0.2) is 4.79 Å². The maximum absolute atomic E-state index is 13.3. The molecule has 1 aromatic carbocycles. The molecule has 0 bridgehead atoms. The number of benzene rings is 1. The topological polar surface area (TPSA) is 79.9 Å². The first-order chi connectivity index (χ1) is 16.3. The Labute approximate surface area is 196 Å². The first kappa shape index (κ1) is 24.3. The summed E-state index contributed by atoms with van der Waals surface area (Å²) in [5.74, 6) is -0.329. The van der Waals surface area contributed by atoms with Crippen LogP contribution in [0, 0.1) is 0 Å². The lowest BCUT2D eigenvalue weighted by Gasteiger charge is -2.40. The van der Waals surface area contributed by atoms with E-state index in [2.05, 4.69) is 14.9 Å². The number of amides is 2. The van der Waals surface area contributed by atoms with Crippen LogP contribution in [0.1, 0.15) is 35.2 Å². The predicted octanol–water partition coefficient (Wildman–Crippen LogP) is 3.52. The number of hydrogen-bond donors (Lipinski definition) is 1. The molecule has 2 saturated heterocycles. The maximum Gasteiger partial charge on any atom is 0.573 e. The lowest BCUT2D eigenvalue weighted by Crippen LogP contribution is -2.52. The third kappa shape index (κ3) is 6.20. The molecule has 2 unspecified atom stereocenters. The highest BCUT2D eigenvalue weighted by Crippen LogP contribution is 2.37. The Hall–Kier alpha value is -2.79. The minimum Gasteiger partial charge on any atom is -0.406 e. The molecule has 2 fully saturated rings. The fraction of sp³-hybridized carbons (Fsp3) is 0.565. The van der Waals surface area contributed by atoms with E-state index in [1.165, 1.54) is 12.1 Å². The maximum atomic E-state index is 13.3. The molecule has 34 heavy (non-hydrogen) atoms. The van der Waals surface area contributed by atoms with E-state index in [9.17, 15) is 18.0 Å². The van der Waals surface area contributed by atoms with Gasteiger partial charge >= 0.3 is 12.4 Å². The van der Waals surface area contributed by atoms with E-state index in [0.29, 0.717) is 52.4 Å². The number of alkyl halides is 3. The first-order valence-corrected chi connectivity index (χ1v) is 11.3. The van der Waals surface area contributed by atoms with Crippen molar-refractivity contribution >= 4 is 6.03 Å². The van der Waals surface area contributed by atoms with Gasteiger partial charge in [-0.1, -0.05) is 12.1 Å². The van der Waals surface area contributed by atoms with Crippen LogP contribution in [0.5, 0.6) is 5.75 Å². The summed E-state index contributed by atoms with van der Waals surface area (Å²) >= 11 is 0. The first-order valence-electron chi connectivity index (χ1n) is 11.3.